The maximum Gasteiger partial charge on any atom is 0.188 e. The Kier molecular flexibility index (Phi) is 6.23. The molecule has 0 amide bonds. The summed E-state index contributed by atoms with van der Waals surface area (Å²) in [6.45, 7) is 4.86. The second kappa shape index (κ2) is 7.49. The van der Waals surface area contributed by atoms with Gasteiger partial charge in [-0.15, -0.1) is 0 Å². The molecule has 0 saturated heterocycles. The standard InChI is InChI=1S/C12H26N4/c1-3-8-14-12(13)15-9-10-16(2)11-6-4-5-7-11/h11H,3-10H2,1-2H3,(H3,13,14,15). The zero-order valence-electron chi connectivity index (χ0n) is 10.7. The van der Waals surface area contributed by atoms with Gasteiger partial charge in [-0.05, 0) is 26.3 Å². The van der Waals surface area contributed by atoms with Gasteiger partial charge in [-0.25, -0.2) is 0 Å². The van der Waals surface area contributed by atoms with Crippen molar-refractivity contribution in [3.63, 3.8) is 0 Å². The summed E-state index contributed by atoms with van der Waals surface area (Å²) in [6.07, 6.45) is 6.54. The molecule has 0 radical (unpaired) electrons. The molecular formula is C12H26N4. The Hall–Kier alpha value is -0.770. The monoisotopic (exact) mass is 226 g/mol. The van der Waals surface area contributed by atoms with Crippen LogP contribution in [-0.4, -0.2) is 43.6 Å². The maximum atomic E-state index is 5.72. The van der Waals surface area contributed by atoms with Gasteiger partial charge in [0.15, 0.2) is 5.96 Å². The quantitative estimate of drug-likeness (QED) is 0.528. The van der Waals surface area contributed by atoms with Gasteiger partial charge in [-0.1, -0.05) is 19.8 Å². The molecule has 0 unspecified atom stereocenters. The van der Waals surface area contributed by atoms with E-state index in [2.05, 4.69) is 29.2 Å². The van der Waals surface area contributed by atoms with Gasteiger partial charge in [0.2, 0.25) is 0 Å². The molecule has 1 rings (SSSR count). The predicted octanol–water partition coefficient (Wildman–Crippen LogP) is 1.18. The van der Waals surface area contributed by atoms with Gasteiger partial charge >= 0.3 is 0 Å². The van der Waals surface area contributed by atoms with Crippen molar-refractivity contribution in [3.05, 3.63) is 0 Å². The number of rotatable bonds is 6. The van der Waals surface area contributed by atoms with Crippen molar-refractivity contribution >= 4 is 5.96 Å². The Labute approximate surface area is 99.3 Å². The average Bonchev–Trinajstić information content (AvgIpc) is 2.79. The van der Waals surface area contributed by atoms with Gasteiger partial charge in [0.05, 0.1) is 0 Å². The molecule has 1 saturated carbocycles. The van der Waals surface area contributed by atoms with E-state index in [1.54, 1.807) is 0 Å². The molecule has 94 valence electrons. The molecule has 0 aromatic rings. The first-order valence-electron chi connectivity index (χ1n) is 6.48. The highest BCUT2D eigenvalue weighted by molar-refractivity contribution is 5.77. The van der Waals surface area contributed by atoms with Crippen molar-refractivity contribution < 1.29 is 0 Å². The summed E-state index contributed by atoms with van der Waals surface area (Å²) >= 11 is 0. The summed E-state index contributed by atoms with van der Waals surface area (Å²) in [5, 5.41) is 3.16. The number of guanidine groups is 1. The molecule has 16 heavy (non-hydrogen) atoms. The fourth-order valence-corrected chi connectivity index (χ4v) is 2.18. The summed E-state index contributed by atoms with van der Waals surface area (Å²) in [5.41, 5.74) is 5.72. The third kappa shape index (κ3) is 4.84. The fourth-order valence-electron chi connectivity index (χ4n) is 2.18. The highest BCUT2D eigenvalue weighted by Crippen LogP contribution is 2.21. The smallest absolute Gasteiger partial charge is 0.188 e. The lowest BCUT2D eigenvalue weighted by Crippen LogP contribution is -2.40. The van der Waals surface area contributed by atoms with Crippen molar-refractivity contribution in [2.75, 3.05) is 26.7 Å². The van der Waals surface area contributed by atoms with Crippen LogP contribution < -0.4 is 11.1 Å². The number of nitrogens with two attached hydrogens (primary N) is 1. The predicted molar refractivity (Wildman–Crippen MR) is 69.7 cm³/mol. The normalized spacial score (nSPS) is 18.3. The Morgan fingerprint density at radius 1 is 1.44 bits per heavy atom. The van der Waals surface area contributed by atoms with E-state index in [1.165, 1.54) is 25.7 Å². The van der Waals surface area contributed by atoms with Gasteiger partial charge in [-0.3, -0.25) is 4.99 Å². The van der Waals surface area contributed by atoms with Crippen LogP contribution >= 0.6 is 0 Å². The van der Waals surface area contributed by atoms with E-state index in [9.17, 15) is 0 Å². The lowest BCUT2D eigenvalue weighted by molar-refractivity contribution is 0.249. The lowest BCUT2D eigenvalue weighted by Gasteiger charge is -2.23. The van der Waals surface area contributed by atoms with Crippen molar-refractivity contribution in [1.29, 1.82) is 0 Å². The van der Waals surface area contributed by atoms with E-state index in [0.29, 0.717) is 5.96 Å². The molecule has 0 spiro atoms. The van der Waals surface area contributed by atoms with Crippen LogP contribution in [-0.2, 0) is 0 Å². The molecule has 0 heterocycles. The number of likely N-dealkylation sites (N-methyl/N-ethyl adjacent to an activating group) is 1. The van der Waals surface area contributed by atoms with Crippen LogP contribution in [0.25, 0.3) is 0 Å². The SMILES string of the molecule is CCCN=C(N)NCCN(C)C1CCCC1. The zero-order chi connectivity index (χ0) is 11.8. The number of nitrogens with one attached hydrogen (secondary N) is 1. The molecular weight excluding hydrogens is 200 g/mol. The number of nitrogens with zero attached hydrogens (tertiary/aromatic N) is 2. The molecule has 4 heteroatoms. The van der Waals surface area contributed by atoms with Crippen LogP contribution in [0.4, 0.5) is 0 Å². The fraction of sp³-hybridized carbons (Fsp3) is 0.917. The lowest BCUT2D eigenvalue weighted by atomic mass is 10.2. The van der Waals surface area contributed by atoms with Crippen LogP contribution in [0.2, 0.25) is 0 Å². The van der Waals surface area contributed by atoms with Gasteiger partial charge in [0, 0.05) is 25.7 Å². The minimum absolute atomic E-state index is 0.585. The van der Waals surface area contributed by atoms with E-state index >= 15 is 0 Å². The van der Waals surface area contributed by atoms with Crippen LogP contribution in [0.3, 0.4) is 0 Å². The molecule has 0 atom stereocenters. The van der Waals surface area contributed by atoms with E-state index in [0.717, 1.165) is 32.1 Å². The number of hydrogen-bond acceptors (Lipinski definition) is 2. The Morgan fingerprint density at radius 3 is 2.75 bits per heavy atom. The molecule has 0 aromatic carbocycles. The van der Waals surface area contributed by atoms with Gasteiger partial charge in [-0.2, -0.15) is 0 Å². The second-order valence-corrected chi connectivity index (χ2v) is 4.61. The van der Waals surface area contributed by atoms with Crippen molar-refractivity contribution in [2.45, 2.75) is 45.1 Å². The number of hydrogen-bond donors (Lipinski definition) is 2. The second-order valence-electron chi connectivity index (χ2n) is 4.61. The highest BCUT2D eigenvalue weighted by atomic mass is 15.2. The summed E-state index contributed by atoms with van der Waals surface area (Å²) in [5.74, 6) is 0.585. The first-order valence-corrected chi connectivity index (χ1v) is 6.48. The number of aliphatic imine (C=N–C) groups is 1. The first-order chi connectivity index (χ1) is 7.74. The Morgan fingerprint density at radius 2 is 2.12 bits per heavy atom. The zero-order valence-corrected chi connectivity index (χ0v) is 10.7. The van der Waals surface area contributed by atoms with E-state index in [-0.39, 0.29) is 0 Å². The minimum atomic E-state index is 0.585. The van der Waals surface area contributed by atoms with Crippen molar-refractivity contribution in [2.24, 2.45) is 10.7 Å². The largest absolute Gasteiger partial charge is 0.370 e. The van der Waals surface area contributed by atoms with Crippen LogP contribution in [0, 0.1) is 0 Å². The third-order valence-corrected chi connectivity index (χ3v) is 3.22. The molecule has 1 aliphatic carbocycles. The molecule has 0 aromatic heterocycles. The van der Waals surface area contributed by atoms with E-state index in [4.69, 9.17) is 5.73 Å². The molecule has 0 bridgehead atoms. The molecule has 3 N–H and O–H groups in total. The summed E-state index contributed by atoms with van der Waals surface area (Å²) in [7, 11) is 2.21. The molecule has 4 nitrogen and oxygen atoms in total. The summed E-state index contributed by atoms with van der Waals surface area (Å²) < 4.78 is 0. The van der Waals surface area contributed by atoms with Crippen LogP contribution in [0.1, 0.15) is 39.0 Å². The van der Waals surface area contributed by atoms with Gasteiger partial charge < -0.3 is 16.0 Å². The Balaban J connectivity index is 2.09. The molecule has 1 aliphatic rings. The van der Waals surface area contributed by atoms with E-state index in [1.807, 2.05) is 0 Å². The van der Waals surface area contributed by atoms with Crippen LogP contribution in [0.15, 0.2) is 4.99 Å². The summed E-state index contributed by atoms with van der Waals surface area (Å²) in [4.78, 5) is 6.64. The topological polar surface area (TPSA) is 53.6 Å². The van der Waals surface area contributed by atoms with Gasteiger partial charge in [0.25, 0.3) is 0 Å². The van der Waals surface area contributed by atoms with Gasteiger partial charge in [0.1, 0.15) is 0 Å². The maximum absolute atomic E-state index is 5.72. The van der Waals surface area contributed by atoms with E-state index < -0.39 is 0 Å². The molecule has 1 fully saturated rings. The van der Waals surface area contributed by atoms with Crippen molar-refractivity contribution in [1.82, 2.24) is 10.2 Å². The molecule has 0 aliphatic heterocycles. The van der Waals surface area contributed by atoms with Crippen molar-refractivity contribution in [3.8, 4) is 0 Å². The first kappa shape index (κ1) is 13.3. The highest BCUT2D eigenvalue weighted by Gasteiger charge is 2.18. The minimum Gasteiger partial charge on any atom is -0.370 e. The average molecular weight is 226 g/mol. The third-order valence-electron chi connectivity index (χ3n) is 3.22. The van der Waals surface area contributed by atoms with Crippen LogP contribution in [0.5, 0.6) is 0 Å². The summed E-state index contributed by atoms with van der Waals surface area (Å²) in [6, 6.07) is 0.788. The Bertz CT molecular complexity index is 209.